The van der Waals surface area contributed by atoms with E-state index in [4.69, 9.17) is 0 Å². The quantitative estimate of drug-likeness (QED) is 0.376. The van der Waals surface area contributed by atoms with E-state index < -0.39 is 0 Å². The molecule has 1 aromatic carbocycles. The maximum Gasteiger partial charge on any atom is 0.253 e. The molecule has 0 bridgehead atoms. The van der Waals surface area contributed by atoms with Gasteiger partial charge in [0.05, 0.1) is 0 Å². The van der Waals surface area contributed by atoms with Crippen molar-refractivity contribution in [3.05, 3.63) is 35.4 Å². The molecule has 148 valence electrons. The van der Waals surface area contributed by atoms with Gasteiger partial charge in [-0.25, -0.2) is 0 Å². The fourth-order valence-electron chi connectivity index (χ4n) is 3.66. The third kappa shape index (κ3) is 7.93. The Kier molecular flexibility index (Phi) is 11.3. The molecule has 0 fully saturated rings. The molecule has 0 saturated heterocycles. The lowest BCUT2D eigenvalue weighted by Gasteiger charge is -2.31. The summed E-state index contributed by atoms with van der Waals surface area (Å²) < 4.78 is 0. The molecule has 1 aromatic rings. The van der Waals surface area contributed by atoms with Gasteiger partial charge in [-0.2, -0.15) is 0 Å². The first-order valence-corrected chi connectivity index (χ1v) is 10.9. The van der Waals surface area contributed by atoms with Crippen LogP contribution in [-0.4, -0.2) is 23.9 Å². The second kappa shape index (κ2) is 12.9. The van der Waals surface area contributed by atoms with Crippen LogP contribution in [0.4, 0.5) is 0 Å². The molecule has 1 rings (SSSR count). The van der Waals surface area contributed by atoms with Crippen LogP contribution >= 0.6 is 0 Å². The van der Waals surface area contributed by atoms with Crippen LogP contribution < -0.4 is 0 Å². The van der Waals surface area contributed by atoms with Crippen LogP contribution in [-0.2, 0) is 0 Å². The summed E-state index contributed by atoms with van der Waals surface area (Å²) in [7, 11) is 0. The van der Waals surface area contributed by atoms with E-state index in [1.807, 2.05) is 18.2 Å². The molecule has 1 amide bonds. The van der Waals surface area contributed by atoms with Gasteiger partial charge in [-0.05, 0) is 43.7 Å². The Hall–Kier alpha value is -1.31. The summed E-state index contributed by atoms with van der Waals surface area (Å²) in [6.45, 7) is 12.9. The third-order valence-electron chi connectivity index (χ3n) is 5.60. The van der Waals surface area contributed by atoms with Gasteiger partial charge in [-0.1, -0.05) is 83.9 Å². The molecule has 0 spiro atoms. The van der Waals surface area contributed by atoms with E-state index in [2.05, 4.69) is 45.6 Å². The zero-order valence-electron chi connectivity index (χ0n) is 17.9. The van der Waals surface area contributed by atoms with E-state index in [-0.39, 0.29) is 5.91 Å². The van der Waals surface area contributed by atoms with Crippen molar-refractivity contribution >= 4 is 5.91 Å². The minimum Gasteiger partial charge on any atom is -0.338 e. The summed E-state index contributed by atoms with van der Waals surface area (Å²) in [4.78, 5) is 15.4. The zero-order valence-corrected chi connectivity index (χ0v) is 17.9. The molecule has 26 heavy (non-hydrogen) atoms. The highest BCUT2D eigenvalue weighted by atomic mass is 16.2. The molecular formula is C24H41NO. The second-order valence-electron chi connectivity index (χ2n) is 7.91. The first kappa shape index (κ1) is 22.7. The Labute approximate surface area is 162 Å². The highest BCUT2D eigenvalue weighted by Crippen LogP contribution is 2.21. The number of aryl methyl sites for hydroxylation is 1. The van der Waals surface area contributed by atoms with Crippen molar-refractivity contribution in [2.45, 2.75) is 86.0 Å². The Balaban J connectivity index is 2.93. The maximum atomic E-state index is 13.3. The van der Waals surface area contributed by atoms with Crippen molar-refractivity contribution in [3.63, 3.8) is 0 Å². The van der Waals surface area contributed by atoms with Crippen LogP contribution in [0.15, 0.2) is 24.3 Å². The van der Waals surface area contributed by atoms with Crippen LogP contribution in [0.1, 0.15) is 95.0 Å². The largest absolute Gasteiger partial charge is 0.338 e. The van der Waals surface area contributed by atoms with Crippen molar-refractivity contribution in [1.82, 2.24) is 4.90 Å². The molecule has 2 unspecified atom stereocenters. The van der Waals surface area contributed by atoms with Gasteiger partial charge in [0, 0.05) is 18.7 Å². The molecular weight excluding hydrogens is 318 g/mol. The minimum atomic E-state index is 0.221. The minimum absolute atomic E-state index is 0.221. The topological polar surface area (TPSA) is 20.3 Å². The molecule has 0 aliphatic rings. The number of benzene rings is 1. The smallest absolute Gasteiger partial charge is 0.253 e. The molecule has 0 aliphatic heterocycles. The molecule has 2 heteroatoms. The average molecular weight is 360 g/mol. The summed E-state index contributed by atoms with van der Waals surface area (Å²) in [5.41, 5.74) is 2.01. The SMILES string of the molecule is CCCCC(CC)CN(CC(CC)CCCC)C(=O)c1cccc(C)c1. The van der Waals surface area contributed by atoms with Crippen LogP contribution in [0.5, 0.6) is 0 Å². The number of amides is 1. The zero-order chi connectivity index (χ0) is 19.4. The van der Waals surface area contributed by atoms with Gasteiger partial charge >= 0.3 is 0 Å². The van der Waals surface area contributed by atoms with Crippen molar-refractivity contribution in [2.75, 3.05) is 13.1 Å². The van der Waals surface area contributed by atoms with Gasteiger partial charge in [0.15, 0.2) is 0 Å². The van der Waals surface area contributed by atoms with E-state index in [0.717, 1.165) is 37.1 Å². The highest BCUT2D eigenvalue weighted by Gasteiger charge is 2.22. The average Bonchev–Trinajstić information content (AvgIpc) is 2.66. The van der Waals surface area contributed by atoms with Gasteiger partial charge in [0.25, 0.3) is 5.91 Å². The fourth-order valence-corrected chi connectivity index (χ4v) is 3.66. The molecule has 2 atom stereocenters. The van der Waals surface area contributed by atoms with Gasteiger partial charge in [-0.3, -0.25) is 4.79 Å². The predicted molar refractivity (Wildman–Crippen MR) is 114 cm³/mol. The molecule has 2 nitrogen and oxygen atoms in total. The Morgan fingerprint density at radius 2 is 1.46 bits per heavy atom. The van der Waals surface area contributed by atoms with Gasteiger partial charge < -0.3 is 4.90 Å². The number of hydrogen-bond acceptors (Lipinski definition) is 1. The lowest BCUT2D eigenvalue weighted by atomic mass is 9.95. The Morgan fingerprint density at radius 3 is 1.88 bits per heavy atom. The molecule has 0 aromatic heterocycles. The summed E-state index contributed by atoms with van der Waals surface area (Å²) in [5.74, 6) is 1.46. The molecule has 0 radical (unpaired) electrons. The number of rotatable bonds is 13. The fraction of sp³-hybridized carbons (Fsp3) is 0.708. The number of nitrogens with zero attached hydrogens (tertiary/aromatic N) is 1. The van der Waals surface area contributed by atoms with Gasteiger partial charge in [-0.15, -0.1) is 0 Å². The van der Waals surface area contributed by atoms with E-state index in [1.165, 1.54) is 38.5 Å². The normalized spacial score (nSPS) is 13.4. The predicted octanol–water partition coefficient (Wildman–Crippen LogP) is 6.87. The van der Waals surface area contributed by atoms with E-state index >= 15 is 0 Å². The van der Waals surface area contributed by atoms with E-state index in [1.54, 1.807) is 0 Å². The second-order valence-corrected chi connectivity index (χ2v) is 7.91. The van der Waals surface area contributed by atoms with Crippen LogP contribution in [0.25, 0.3) is 0 Å². The molecule has 0 heterocycles. The van der Waals surface area contributed by atoms with Gasteiger partial charge in [0.1, 0.15) is 0 Å². The van der Waals surface area contributed by atoms with Crippen LogP contribution in [0, 0.1) is 18.8 Å². The molecule has 0 aliphatic carbocycles. The van der Waals surface area contributed by atoms with Crippen LogP contribution in [0.3, 0.4) is 0 Å². The van der Waals surface area contributed by atoms with Crippen molar-refractivity contribution in [2.24, 2.45) is 11.8 Å². The lowest BCUT2D eigenvalue weighted by molar-refractivity contribution is 0.0685. The Morgan fingerprint density at radius 1 is 0.923 bits per heavy atom. The van der Waals surface area contributed by atoms with Crippen LogP contribution in [0.2, 0.25) is 0 Å². The van der Waals surface area contributed by atoms with Crippen molar-refractivity contribution in [1.29, 1.82) is 0 Å². The third-order valence-corrected chi connectivity index (χ3v) is 5.60. The monoisotopic (exact) mass is 359 g/mol. The summed E-state index contributed by atoms with van der Waals surface area (Å²) in [6.07, 6.45) is 9.77. The number of unbranched alkanes of at least 4 members (excludes halogenated alkanes) is 2. The first-order valence-electron chi connectivity index (χ1n) is 10.9. The standard InChI is InChI=1S/C24H41NO/c1-6-10-14-21(8-3)18-25(19-22(9-4)15-11-7-2)24(26)23-16-12-13-20(5)17-23/h12-13,16-17,21-22H,6-11,14-15,18-19H2,1-5H3. The Bertz CT molecular complexity index is 493. The number of hydrogen-bond donors (Lipinski definition) is 0. The lowest BCUT2D eigenvalue weighted by Crippen LogP contribution is -2.39. The summed E-state index contributed by atoms with van der Waals surface area (Å²) in [5, 5.41) is 0. The van der Waals surface area contributed by atoms with Crippen molar-refractivity contribution in [3.8, 4) is 0 Å². The summed E-state index contributed by atoms with van der Waals surface area (Å²) >= 11 is 0. The number of carbonyl (C=O) groups excluding carboxylic acids is 1. The molecule has 0 saturated carbocycles. The summed E-state index contributed by atoms with van der Waals surface area (Å²) in [6, 6.07) is 8.08. The highest BCUT2D eigenvalue weighted by molar-refractivity contribution is 5.94. The maximum absolute atomic E-state index is 13.3. The molecule has 0 N–H and O–H groups in total. The van der Waals surface area contributed by atoms with E-state index in [9.17, 15) is 4.79 Å². The van der Waals surface area contributed by atoms with Crippen molar-refractivity contribution < 1.29 is 4.79 Å². The van der Waals surface area contributed by atoms with E-state index in [0.29, 0.717) is 11.8 Å². The first-order chi connectivity index (χ1) is 12.5. The van der Waals surface area contributed by atoms with Gasteiger partial charge in [0.2, 0.25) is 0 Å². The number of carbonyl (C=O) groups is 1.